The number of hydrogen-bond donors (Lipinski definition) is 1. The zero-order chi connectivity index (χ0) is 24.0. The van der Waals surface area contributed by atoms with Crippen molar-refractivity contribution in [3.8, 4) is 11.3 Å². The average Bonchev–Trinajstić information content (AvgIpc) is 3.17. The Kier molecular flexibility index (Phi) is 5.30. The number of carbonyl (C=O) groups is 1. The highest BCUT2D eigenvalue weighted by Crippen LogP contribution is 2.33. The van der Waals surface area contributed by atoms with Gasteiger partial charge in [-0.1, -0.05) is 6.07 Å². The lowest BCUT2D eigenvalue weighted by molar-refractivity contribution is -0.142. The predicted octanol–water partition coefficient (Wildman–Crippen LogP) is 5.83. The molecular weight excluding hydrogens is 457 g/mol. The molecule has 2 heterocycles. The molecule has 2 aromatic heterocycles. The van der Waals surface area contributed by atoms with Crippen molar-refractivity contribution in [2.75, 3.05) is 5.32 Å². The Balaban J connectivity index is 1.74. The molecule has 0 aliphatic carbocycles. The van der Waals surface area contributed by atoms with Gasteiger partial charge in [-0.2, -0.15) is 31.4 Å². The lowest BCUT2D eigenvalue weighted by Gasteiger charge is -2.11. The third kappa shape index (κ3) is 4.64. The molecule has 4 aromatic rings. The van der Waals surface area contributed by atoms with Crippen molar-refractivity contribution in [2.45, 2.75) is 12.4 Å². The normalized spacial score (nSPS) is 12.2. The van der Waals surface area contributed by atoms with Crippen LogP contribution in [0, 0.1) is 5.82 Å². The van der Waals surface area contributed by atoms with Crippen molar-refractivity contribution in [3.63, 3.8) is 0 Å². The van der Waals surface area contributed by atoms with Crippen molar-refractivity contribution >= 4 is 17.2 Å². The Morgan fingerprint density at radius 3 is 2.21 bits per heavy atom. The number of halogens is 7. The van der Waals surface area contributed by atoms with Crippen molar-refractivity contribution in [1.82, 2.24) is 14.6 Å². The van der Waals surface area contributed by atoms with E-state index in [9.17, 15) is 35.5 Å². The van der Waals surface area contributed by atoms with E-state index < -0.39 is 41.0 Å². The fraction of sp³-hybridized carbons (Fsp3) is 0.0952. The zero-order valence-electron chi connectivity index (χ0n) is 16.2. The van der Waals surface area contributed by atoms with Crippen LogP contribution in [0.15, 0.2) is 60.7 Å². The minimum atomic E-state index is -4.88. The van der Waals surface area contributed by atoms with Gasteiger partial charge in [0, 0.05) is 17.3 Å². The number of fused-ring (bicyclic) bond motifs is 1. The Morgan fingerprint density at radius 2 is 1.58 bits per heavy atom. The smallest absolute Gasteiger partial charge is 0.321 e. The highest BCUT2D eigenvalue weighted by Gasteiger charge is 2.36. The molecule has 0 bridgehead atoms. The summed E-state index contributed by atoms with van der Waals surface area (Å²) in [5.74, 6) is -1.62. The van der Waals surface area contributed by atoms with E-state index >= 15 is 0 Å². The first-order valence-electron chi connectivity index (χ1n) is 9.14. The number of nitrogens with zero attached hydrogens (tertiary/aromatic N) is 3. The number of aromatic nitrogens is 3. The van der Waals surface area contributed by atoms with Crippen molar-refractivity contribution in [3.05, 3.63) is 83.4 Å². The lowest BCUT2D eigenvalue weighted by Crippen LogP contribution is -2.16. The lowest BCUT2D eigenvalue weighted by atomic mass is 10.1. The molecule has 5 nitrogen and oxygen atoms in total. The van der Waals surface area contributed by atoms with Crippen molar-refractivity contribution < 1.29 is 35.5 Å². The number of amides is 1. The molecule has 33 heavy (non-hydrogen) atoms. The summed E-state index contributed by atoms with van der Waals surface area (Å²) < 4.78 is 93.1. The fourth-order valence-electron chi connectivity index (χ4n) is 3.02. The minimum Gasteiger partial charge on any atom is -0.321 e. The van der Waals surface area contributed by atoms with Crippen molar-refractivity contribution in [2.24, 2.45) is 0 Å². The van der Waals surface area contributed by atoms with Crippen LogP contribution < -0.4 is 5.32 Å². The molecule has 1 amide bonds. The largest absolute Gasteiger partial charge is 0.433 e. The Hall–Kier alpha value is -3.96. The van der Waals surface area contributed by atoms with E-state index in [1.807, 2.05) is 0 Å². The first kappa shape index (κ1) is 22.2. The van der Waals surface area contributed by atoms with Crippen LogP contribution in [0.5, 0.6) is 0 Å². The topological polar surface area (TPSA) is 59.3 Å². The number of hydrogen-bond acceptors (Lipinski definition) is 3. The van der Waals surface area contributed by atoms with Gasteiger partial charge in [-0.3, -0.25) is 4.79 Å². The molecular formula is C21H11F7N4O. The van der Waals surface area contributed by atoms with Gasteiger partial charge in [0.2, 0.25) is 0 Å². The number of alkyl halides is 6. The summed E-state index contributed by atoms with van der Waals surface area (Å²) in [6, 6.07) is 9.99. The van der Waals surface area contributed by atoms with Crippen LogP contribution in [0.2, 0.25) is 0 Å². The number of rotatable bonds is 3. The van der Waals surface area contributed by atoms with Crippen LogP contribution in [0.4, 0.5) is 36.4 Å². The van der Waals surface area contributed by atoms with Crippen molar-refractivity contribution in [1.29, 1.82) is 0 Å². The fourth-order valence-corrected chi connectivity index (χ4v) is 3.02. The molecule has 4 rings (SSSR count). The van der Waals surface area contributed by atoms with Gasteiger partial charge in [0.25, 0.3) is 5.91 Å². The molecule has 0 aliphatic rings. The van der Waals surface area contributed by atoms with Crippen LogP contribution in [-0.4, -0.2) is 20.5 Å². The van der Waals surface area contributed by atoms with E-state index in [0.29, 0.717) is 16.6 Å². The molecule has 0 aliphatic heterocycles. The first-order chi connectivity index (χ1) is 15.4. The van der Waals surface area contributed by atoms with E-state index in [1.165, 1.54) is 18.2 Å². The van der Waals surface area contributed by atoms with Gasteiger partial charge in [0.05, 0.1) is 11.3 Å². The van der Waals surface area contributed by atoms with Gasteiger partial charge < -0.3 is 5.32 Å². The van der Waals surface area contributed by atoms with Crippen LogP contribution in [0.1, 0.15) is 21.7 Å². The van der Waals surface area contributed by atoms with E-state index in [1.54, 1.807) is 0 Å². The third-order valence-electron chi connectivity index (χ3n) is 4.54. The molecule has 170 valence electrons. The maximum atomic E-state index is 13.6. The first-order valence-corrected chi connectivity index (χ1v) is 9.14. The summed E-state index contributed by atoms with van der Waals surface area (Å²) in [4.78, 5) is 16.5. The summed E-state index contributed by atoms with van der Waals surface area (Å²) in [5.41, 5.74) is -3.26. The highest BCUT2D eigenvalue weighted by atomic mass is 19.4. The number of benzene rings is 2. The third-order valence-corrected chi connectivity index (χ3v) is 4.54. The molecule has 0 saturated heterocycles. The summed E-state index contributed by atoms with van der Waals surface area (Å²) in [6.45, 7) is 0. The maximum absolute atomic E-state index is 13.6. The molecule has 2 aromatic carbocycles. The van der Waals surface area contributed by atoms with Gasteiger partial charge in [0.1, 0.15) is 5.82 Å². The number of nitrogens with one attached hydrogen (secondary N) is 1. The second-order valence-corrected chi connectivity index (χ2v) is 6.86. The monoisotopic (exact) mass is 468 g/mol. The maximum Gasteiger partial charge on any atom is 0.433 e. The van der Waals surface area contributed by atoms with Crippen LogP contribution in [0.25, 0.3) is 16.9 Å². The summed E-state index contributed by atoms with van der Waals surface area (Å²) in [5, 5.41) is 5.81. The second-order valence-electron chi connectivity index (χ2n) is 6.86. The quantitative estimate of drug-likeness (QED) is 0.385. The molecule has 0 unspecified atom stereocenters. The standard InChI is InChI=1S/C21H11F7N4O/c22-13-6-4-11(5-7-13)15-9-17(21(26,27)28)32-18(30-15)10-16(31-32)19(33)29-14-3-1-2-12(8-14)20(23,24)25/h1-10H,(H,29,33). The van der Waals surface area contributed by atoms with Crippen LogP contribution >= 0.6 is 0 Å². The Morgan fingerprint density at radius 1 is 0.879 bits per heavy atom. The number of anilines is 1. The molecule has 1 N–H and O–H groups in total. The van der Waals surface area contributed by atoms with E-state index in [2.05, 4.69) is 15.4 Å². The number of carbonyl (C=O) groups excluding carboxylic acids is 1. The summed E-state index contributed by atoms with van der Waals surface area (Å²) in [6.07, 6.45) is -9.52. The minimum absolute atomic E-state index is 0.139. The Labute approximate surface area is 180 Å². The molecule has 0 fully saturated rings. The molecule has 0 radical (unpaired) electrons. The molecule has 0 spiro atoms. The van der Waals surface area contributed by atoms with Crippen LogP contribution in [0.3, 0.4) is 0 Å². The van der Waals surface area contributed by atoms with E-state index in [0.717, 1.165) is 30.3 Å². The average molecular weight is 468 g/mol. The van der Waals surface area contributed by atoms with Gasteiger partial charge in [-0.25, -0.2) is 13.9 Å². The highest BCUT2D eigenvalue weighted by molar-refractivity contribution is 6.03. The molecule has 12 heteroatoms. The molecule has 0 atom stereocenters. The summed E-state index contributed by atoms with van der Waals surface area (Å²) in [7, 11) is 0. The Bertz CT molecular complexity index is 1340. The molecule has 0 saturated carbocycles. The van der Waals surface area contributed by atoms with E-state index in [-0.39, 0.29) is 22.6 Å². The van der Waals surface area contributed by atoms with E-state index in [4.69, 9.17) is 0 Å². The second kappa shape index (κ2) is 7.87. The van der Waals surface area contributed by atoms with Gasteiger partial charge in [0.15, 0.2) is 17.0 Å². The zero-order valence-corrected chi connectivity index (χ0v) is 16.2. The van der Waals surface area contributed by atoms with Gasteiger partial charge in [-0.05, 0) is 48.5 Å². The summed E-state index contributed by atoms with van der Waals surface area (Å²) >= 11 is 0. The predicted molar refractivity (Wildman–Crippen MR) is 103 cm³/mol. The van der Waals surface area contributed by atoms with Gasteiger partial charge >= 0.3 is 12.4 Å². The van der Waals surface area contributed by atoms with Crippen LogP contribution in [-0.2, 0) is 12.4 Å². The van der Waals surface area contributed by atoms with Gasteiger partial charge in [-0.15, -0.1) is 0 Å². The SMILES string of the molecule is O=C(Nc1cccc(C(F)(F)F)c1)c1cc2nc(-c3ccc(F)cc3)cc(C(F)(F)F)n2n1.